The summed E-state index contributed by atoms with van der Waals surface area (Å²) in [6.45, 7) is 4.34. The predicted octanol–water partition coefficient (Wildman–Crippen LogP) is 4.59. The lowest BCUT2D eigenvalue weighted by molar-refractivity contribution is 0.154. The molecule has 5 heteroatoms. The summed E-state index contributed by atoms with van der Waals surface area (Å²) in [5.74, 6) is 1.74. The molecule has 0 unspecified atom stereocenters. The third-order valence-corrected chi connectivity index (χ3v) is 4.28. The average Bonchev–Trinajstić information content (AvgIpc) is 3.10. The van der Waals surface area contributed by atoms with Crippen LogP contribution in [0.5, 0.6) is 5.75 Å². The van der Waals surface area contributed by atoms with Gasteiger partial charge in [-0.1, -0.05) is 44.2 Å². The van der Waals surface area contributed by atoms with Gasteiger partial charge in [-0.05, 0) is 35.7 Å². The minimum Gasteiger partial charge on any atom is -0.485 e. The summed E-state index contributed by atoms with van der Waals surface area (Å²) in [5.41, 5.74) is 2.13. The quantitative estimate of drug-likeness (QED) is 0.531. The van der Waals surface area contributed by atoms with Crippen LogP contribution in [-0.2, 0) is 0 Å². The Hall–Kier alpha value is -3.21. The average molecular weight is 344 g/mol. The van der Waals surface area contributed by atoms with Gasteiger partial charge in [0.05, 0.1) is 11.7 Å². The molecule has 0 spiro atoms. The number of aromatic nitrogens is 4. The fourth-order valence-corrected chi connectivity index (χ4v) is 3.02. The molecule has 1 atom stereocenters. The number of fused-ring (bicyclic) bond motifs is 1. The highest BCUT2D eigenvalue weighted by atomic mass is 16.5. The van der Waals surface area contributed by atoms with Crippen LogP contribution in [0, 0.1) is 5.92 Å². The third kappa shape index (κ3) is 3.16. The zero-order chi connectivity index (χ0) is 17.9. The topological polar surface area (TPSA) is 52.8 Å². The van der Waals surface area contributed by atoms with E-state index in [9.17, 15) is 0 Å². The SMILES string of the molecule is CC(C)[C@H](Oc1ccc2c(cnn2-c2ncccn2)c1)c1ccccc1. The maximum absolute atomic E-state index is 6.32. The number of ether oxygens (including phenoxy) is 1. The standard InChI is InChI=1S/C21H20N4O/c1-15(2)20(16-7-4-3-5-8-16)26-18-9-10-19-17(13-18)14-24-25(19)21-22-11-6-12-23-21/h3-15,20H,1-2H3/t20-/m0/s1. The van der Waals surface area contributed by atoms with Crippen LogP contribution in [0.3, 0.4) is 0 Å². The summed E-state index contributed by atoms with van der Waals surface area (Å²) in [6, 6.07) is 18.1. The smallest absolute Gasteiger partial charge is 0.251 e. The molecule has 0 N–H and O–H groups in total. The van der Waals surface area contributed by atoms with Crippen molar-refractivity contribution in [1.82, 2.24) is 19.7 Å². The second-order valence-electron chi connectivity index (χ2n) is 6.52. The monoisotopic (exact) mass is 344 g/mol. The van der Waals surface area contributed by atoms with Crippen LogP contribution < -0.4 is 4.74 Å². The summed E-state index contributed by atoms with van der Waals surface area (Å²) in [6.07, 6.45) is 5.23. The molecule has 2 aromatic heterocycles. The second-order valence-corrected chi connectivity index (χ2v) is 6.52. The molecule has 0 saturated heterocycles. The Bertz CT molecular complexity index is 996. The van der Waals surface area contributed by atoms with Crippen LogP contribution >= 0.6 is 0 Å². The fraction of sp³-hybridized carbons (Fsp3) is 0.190. The van der Waals surface area contributed by atoms with Gasteiger partial charge in [-0.2, -0.15) is 9.78 Å². The first-order chi connectivity index (χ1) is 12.7. The molecule has 4 aromatic rings. The number of hydrogen-bond donors (Lipinski definition) is 0. The molecule has 130 valence electrons. The molecule has 0 bridgehead atoms. The van der Waals surface area contributed by atoms with Gasteiger partial charge >= 0.3 is 0 Å². The first-order valence-corrected chi connectivity index (χ1v) is 8.69. The first kappa shape index (κ1) is 16.3. The maximum Gasteiger partial charge on any atom is 0.251 e. The molecule has 0 fully saturated rings. The number of benzene rings is 2. The van der Waals surface area contributed by atoms with Crippen LogP contribution in [0.25, 0.3) is 16.9 Å². The largest absolute Gasteiger partial charge is 0.485 e. The van der Waals surface area contributed by atoms with E-state index < -0.39 is 0 Å². The Morgan fingerprint density at radius 1 is 0.923 bits per heavy atom. The number of rotatable bonds is 5. The van der Waals surface area contributed by atoms with Crippen LogP contribution in [0.4, 0.5) is 0 Å². The summed E-state index contributed by atoms with van der Waals surface area (Å²) in [4.78, 5) is 8.53. The van der Waals surface area contributed by atoms with E-state index in [1.807, 2.05) is 42.6 Å². The summed E-state index contributed by atoms with van der Waals surface area (Å²) in [7, 11) is 0. The van der Waals surface area contributed by atoms with E-state index in [1.165, 1.54) is 5.56 Å². The van der Waals surface area contributed by atoms with Crippen molar-refractivity contribution in [3.8, 4) is 11.7 Å². The molecule has 0 aliphatic rings. The van der Waals surface area contributed by atoms with Gasteiger partial charge < -0.3 is 4.74 Å². The predicted molar refractivity (Wildman–Crippen MR) is 101 cm³/mol. The van der Waals surface area contributed by atoms with Crippen molar-refractivity contribution in [2.24, 2.45) is 5.92 Å². The lowest BCUT2D eigenvalue weighted by Gasteiger charge is -2.23. The molecule has 0 saturated carbocycles. The molecule has 2 aromatic carbocycles. The summed E-state index contributed by atoms with van der Waals surface area (Å²) >= 11 is 0. The molecule has 0 aliphatic carbocycles. The van der Waals surface area contributed by atoms with E-state index in [1.54, 1.807) is 23.1 Å². The Morgan fingerprint density at radius 2 is 1.69 bits per heavy atom. The fourth-order valence-electron chi connectivity index (χ4n) is 3.02. The van der Waals surface area contributed by atoms with Crippen LogP contribution in [0.15, 0.2) is 73.2 Å². The van der Waals surface area contributed by atoms with Gasteiger partial charge in [0.25, 0.3) is 5.95 Å². The maximum atomic E-state index is 6.32. The van der Waals surface area contributed by atoms with Crippen LogP contribution in [0.1, 0.15) is 25.5 Å². The van der Waals surface area contributed by atoms with Crippen molar-refractivity contribution >= 4 is 10.9 Å². The molecule has 0 radical (unpaired) electrons. The van der Waals surface area contributed by atoms with Gasteiger partial charge in [-0.15, -0.1) is 0 Å². The Kier molecular flexibility index (Phi) is 4.35. The Balaban J connectivity index is 1.66. The first-order valence-electron chi connectivity index (χ1n) is 8.69. The molecular formula is C21H20N4O. The van der Waals surface area contributed by atoms with Crippen molar-refractivity contribution in [2.75, 3.05) is 0 Å². The second kappa shape index (κ2) is 6.96. The zero-order valence-electron chi connectivity index (χ0n) is 14.8. The van der Waals surface area contributed by atoms with Gasteiger partial charge in [-0.3, -0.25) is 0 Å². The molecule has 0 aliphatic heterocycles. The van der Waals surface area contributed by atoms with Crippen molar-refractivity contribution in [1.29, 1.82) is 0 Å². The molecule has 0 amide bonds. The van der Waals surface area contributed by atoms with Gasteiger partial charge in [0, 0.05) is 17.8 Å². The third-order valence-electron chi connectivity index (χ3n) is 4.28. The minimum absolute atomic E-state index is 0.00107. The van der Waals surface area contributed by atoms with Crippen molar-refractivity contribution < 1.29 is 4.74 Å². The summed E-state index contributed by atoms with van der Waals surface area (Å²) in [5, 5.41) is 5.41. The highest BCUT2D eigenvalue weighted by molar-refractivity contribution is 5.81. The van der Waals surface area contributed by atoms with E-state index in [-0.39, 0.29) is 6.10 Å². The van der Waals surface area contributed by atoms with E-state index in [2.05, 4.69) is 41.0 Å². The highest BCUT2D eigenvalue weighted by Gasteiger charge is 2.18. The van der Waals surface area contributed by atoms with Crippen molar-refractivity contribution in [3.05, 3.63) is 78.8 Å². The number of hydrogen-bond acceptors (Lipinski definition) is 4. The van der Waals surface area contributed by atoms with Crippen molar-refractivity contribution in [2.45, 2.75) is 20.0 Å². The van der Waals surface area contributed by atoms with Gasteiger partial charge in [0.15, 0.2) is 0 Å². The lowest BCUT2D eigenvalue weighted by Crippen LogP contribution is -2.14. The van der Waals surface area contributed by atoms with Crippen molar-refractivity contribution in [3.63, 3.8) is 0 Å². The van der Waals surface area contributed by atoms with Gasteiger partial charge in [-0.25, -0.2) is 9.97 Å². The van der Waals surface area contributed by atoms with Crippen LogP contribution in [0.2, 0.25) is 0 Å². The van der Waals surface area contributed by atoms with Crippen LogP contribution in [-0.4, -0.2) is 19.7 Å². The molecule has 26 heavy (non-hydrogen) atoms. The molecule has 5 nitrogen and oxygen atoms in total. The van der Waals surface area contributed by atoms with Gasteiger partial charge in [0.1, 0.15) is 11.9 Å². The van der Waals surface area contributed by atoms with E-state index in [0.717, 1.165) is 16.7 Å². The minimum atomic E-state index is 0.00107. The molecular weight excluding hydrogens is 324 g/mol. The highest BCUT2D eigenvalue weighted by Crippen LogP contribution is 2.30. The number of nitrogens with zero attached hydrogens (tertiary/aromatic N) is 4. The normalized spacial score (nSPS) is 12.4. The van der Waals surface area contributed by atoms with Gasteiger partial charge in [0.2, 0.25) is 0 Å². The lowest BCUT2D eigenvalue weighted by atomic mass is 9.99. The Morgan fingerprint density at radius 3 is 2.42 bits per heavy atom. The van der Waals surface area contributed by atoms with E-state index >= 15 is 0 Å². The molecule has 2 heterocycles. The molecule has 4 rings (SSSR count). The summed E-state index contributed by atoms with van der Waals surface area (Å²) < 4.78 is 8.05. The van der Waals surface area contributed by atoms with E-state index in [4.69, 9.17) is 4.74 Å². The zero-order valence-corrected chi connectivity index (χ0v) is 14.8. The van der Waals surface area contributed by atoms with E-state index in [0.29, 0.717) is 11.9 Å². The Labute approximate surface area is 152 Å².